The Bertz CT molecular complexity index is 1000. The second kappa shape index (κ2) is 5.20. The van der Waals surface area contributed by atoms with Crippen LogP contribution < -0.4 is 16.2 Å². The van der Waals surface area contributed by atoms with Crippen LogP contribution in [0, 0.1) is 12.1 Å². The summed E-state index contributed by atoms with van der Waals surface area (Å²) >= 11 is -0.806. The quantitative estimate of drug-likeness (QED) is 0.664. The molecular formula is C16H10INO2. The Balaban J connectivity index is 2.51. The van der Waals surface area contributed by atoms with Crippen molar-refractivity contribution >= 4 is 31.5 Å². The zero-order valence-corrected chi connectivity index (χ0v) is 12.5. The van der Waals surface area contributed by atoms with Gasteiger partial charge in [0.25, 0.3) is 0 Å². The Morgan fingerprint density at radius 2 is 1.30 bits per heavy atom. The molecule has 0 aromatic heterocycles. The van der Waals surface area contributed by atoms with E-state index in [0.29, 0.717) is 13.9 Å². The molecule has 0 unspecified atom stereocenters. The smallest absolute Gasteiger partial charge is 0.212 e. The van der Waals surface area contributed by atoms with Gasteiger partial charge in [0, 0.05) is 14.3 Å². The van der Waals surface area contributed by atoms with Crippen molar-refractivity contribution in [3.63, 3.8) is 0 Å². The van der Waals surface area contributed by atoms with Crippen LogP contribution in [0.4, 0.5) is 0 Å². The van der Waals surface area contributed by atoms with E-state index in [1.807, 2.05) is 30.3 Å². The van der Waals surface area contributed by atoms with E-state index >= 15 is 0 Å². The Morgan fingerprint density at radius 3 is 1.95 bits per heavy atom. The second-order valence-corrected chi connectivity index (χ2v) is 7.15. The van der Waals surface area contributed by atoms with Gasteiger partial charge < -0.3 is 0 Å². The summed E-state index contributed by atoms with van der Waals surface area (Å²) in [6, 6.07) is 16.3. The molecule has 0 bridgehead atoms. The molecule has 0 fully saturated rings. The molecule has 3 aromatic carbocycles. The van der Waals surface area contributed by atoms with Crippen LogP contribution in [0.2, 0.25) is 0 Å². The fraction of sp³-hybridized carbons (Fsp3) is 0. The Hall–Kier alpha value is -1.95. The Morgan fingerprint density at radius 1 is 0.750 bits per heavy atom. The lowest BCUT2D eigenvalue weighted by Crippen LogP contribution is -2.30. The highest BCUT2D eigenvalue weighted by atomic mass is 127. The van der Waals surface area contributed by atoms with Gasteiger partial charge in [0.05, 0.1) is 3.15 Å². The van der Waals surface area contributed by atoms with Gasteiger partial charge in [-0.2, -0.15) is 0 Å². The molecule has 3 nitrogen and oxygen atoms in total. The molecule has 20 heavy (non-hydrogen) atoms. The summed E-state index contributed by atoms with van der Waals surface area (Å²) in [5.41, 5.74) is -0.507. The highest BCUT2D eigenvalue weighted by Gasteiger charge is 2.07. The molecule has 0 spiro atoms. The van der Waals surface area contributed by atoms with Gasteiger partial charge in [0.2, 0.25) is 10.9 Å². The number of hydrogen-bond acceptors (Lipinski definition) is 3. The first-order valence-corrected chi connectivity index (χ1v) is 8.18. The van der Waals surface area contributed by atoms with E-state index in [4.69, 9.17) is 5.41 Å². The third kappa shape index (κ3) is 2.16. The van der Waals surface area contributed by atoms with E-state index in [0.717, 1.165) is 3.57 Å². The van der Waals surface area contributed by atoms with Crippen LogP contribution in [0.25, 0.3) is 10.8 Å². The molecule has 0 aliphatic heterocycles. The topological polar surface area (TPSA) is 58.0 Å². The van der Waals surface area contributed by atoms with Crippen molar-refractivity contribution in [2.75, 3.05) is 0 Å². The van der Waals surface area contributed by atoms with Crippen LogP contribution in [0.5, 0.6) is 0 Å². The molecule has 0 radical (unpaired) electrons. The van der Waals surface area contributed by atoms with Crippen molar-refractivity contribution in [3.05, 3.63) is 87.1 Å². The van der Waals surface area contributed by atoms with Crippen molar-refractivity contribution < 1.29 is 0 Å². The van der Waals surface area contributed by atoms with Crippen LogP contribution in [-0.4, -0.2) is 0 Å². The fourth-order valence-corrected chi connectivity index (χ4v) is 4.47. The molecule has 0 aliphatic carbocycles. The van der Waals surface area contributed by atoms with Gasteiger partial charge in [-0.25, -0.2) is 0 Å². The van der Waals surface area contributed by atoms with Crippen LogP contribution in [-0.2, 0) is 0 Å². The standard InChI is InChI=1S/C16H10INO2/c18-14-13(17-10-6-2-1-3-7-10)15(19)11-8-4-5-9-12(11)16(14)20/h1-9,18H. The summed E-state index contributed by atoms with van der Waals surface area (Å²) in [5, 5.41) is 8.63. The predicted octanol–water partition coefficient (Wildman–Crippen LogP) is 2.29. The minimum atomic E-state index is -0.806. The second-order valence-electron chi connectivity index (χ2n) is 4.28. The summed E-state index contributed by atoms with van der Waals surface area (Å²) in [6.45, 7) is 0. The van der Waals surface area contributed by atoms with Gasteiger partial charge in [0.15, 0.2) is 0 Å². The SMILES string of the molecule is N=c1c(=Ic2ccccc2)c(=O)c2ccccc2c1=O. The zero-order valence-electron chi connectivity index (χ0n) is 10.4. The monoisotopic (exact) mass is 375 g/mol. The molecule has 3 rings (SSSR count). The minimum absolute atomic E-state index is 0.134. The van der Waals surface area contributed by atoms with E-state index in [2.05, 4.69) is 0 Å². The lowest BCUT2D eigenvalue weighted by molar-refractivity contribution is 1.23. The van der Waals surface area contributed by atoms with E-state index in [1.54, 1.807) is 24.3 Å². The maximum Gasteiger partial charge on any atom is 0.212 e. The molecular weight excluding hydrogens is 365 g/mol. The van der Waals surface area contributed by atoms with E-state index in [1.165, 1.54) is 0 Å². The van der Waals surface area contributed by atoms with Crippen molar-refractivity contribution in [1.82, 2.24) is 0 Å². The van der Waals surface area contributed by atoms with Gasteiger partial charge in [-0.3, -0.25) is 15.0 Å². The largest absolute Gasteiger partial charge is 0.296 e. The lowest BCUT2D eigenvalue weighted by Gasteiger charge is -1.95. The number of fused-ring (bicyclic) bond motifs is 1. The molecule has 0 saturated heterocycles. The Kier molecular flexibility index (Phi) is 3.40. The fourth-order valence-electron chi connectivity index (χ4n) is 2.02. The number of hydrogen-bond donors (Lipinski definition) is 1. The molecule has 0 atom stereocenters. The molecule has 3 aromatic rings. The summed E-state index contributed by atoms with van der Waals surface area (Å²) in [6.07, 6.45) is 0. The van der Waals surface area contributed by atoms with Crippen LogP contribution in [0.1, 0.15) is 0 Å². The highest BCUT2D eigenvalue weighted by Crippen LogP contribution is 2.13. The average molecular weight is 375 g/mol. The van der Waals surface area contributed by atoms with E-state index in [9.17, 15) is 9.59 Å². The van der Waals surface area contributed by atoms with Crippen molar-refractivity contribution in [2.24, 2.45) is 0 Å². The van der Waals surface area contributed by atoms with Crippen molar-refractivity contribution in [3.8, 4) is 0 Å². The molecule has 0 heterocycles. The summed E-state index contributed by atoms with van der Waals surface area (Å²) in [5.74, 6) is 0. The maximum atomic E-state index is 12.5. The molecule has 4 heteroatoms. The Labute approximate surface area is 124 Å². The average Bonchev–Trinajstić information content (AvgIpc) is 2.50. The maximum absolute atomic E-state index is 12.5. The number of nitrogens with one attached hydrogen (secondary N) is 1. The zero-order chi connectivity index (χ0) is 14.1. The van der Waals surface area contributed by atoms with Crippen LogP contribution in [0.15, 0.2) is 64.2 Å². The lowest BCUT2D eigenvalue weighted by atomic mass is 10.1. The van der Waals surface area contributed by atoms with Gasteiger partial charge in [-0.15, -0.1) is 0 Å². The third-order valence-corrected chi connectivity index (χ3v) is 5.91. The molecule has 98 valence electrons. The van der Waals surface area contributed by atoms with Gasteiger partial charge in [0.1, 0.15) is 5.36 Å². The van der Waals surface area contributed by atoms with Crippen LogP contribution in [0.3, 0.4) is 0 Å². The normalized spacial score (nSPS) is 12.3. The van der Waals surface area contributed by atoms with E-state index in [-0.39, 0.29) is 16.2 Å². The third-order valence-electron chi connectivity index (χ3n) is 3.00. The summed E-state index contributed by atoms with van der Waals surface area (Å²) in [7, 11) is 0. The molecule has 0 aliphatic rings. The first-order valence-electron chi connectivity index (χ1n) is 6.02. The minimum Gasteiger partial charge on any atom is -0.296 e. The first-order chi connectivity index (χ1) is 9.68. The van der Waals surface area contributed by atoms with Gasteiger partial charge in [-0.1, -0.05) is 63.2 Å². The van der Waals surface area contributed by atoms with E-state index < -0.39 is 20.7 Å². The van der Waals surface area contributed by atoms with Crippen molar-refractivity contribution in [1.29, 1.82) is 5.41 Å². The molecule has 1 N–H and O–H groups in total. The van der Waals surface area contributed by atoms with Crippen molar-refractivity contribution in [2.45, 2.75) is 0 Å². The number of rotatable bonds is 1. The molecule has 0 saturated carbocycles. The number of halogens is 1. The predicted molar refractivity (Wildman–Crippen MR) is 87.1 cm³/mol. The summed E-state index contributed by atoms with van der Waals surface area (Å²) in [4.78, 5) is 24.7. The molecule has 0 amide bonds. The van der Waals surface area contributed by atoms with Gasteiger partial charge >= 0.3 is 0 Å². The van der Waals surface area contributed by atoms with Gasteiger partial charge in [-0.05, 0) is 12.1 Å². The highest BCUT2D eigenvalue weighted by molar-refractivity contribution is 14.2. The summed E-state index contributed by atoms with van der Waals surface area (Å²) < 4.78 is 1.42. The van der Waals surface area contributed by atoms with Crippen LogP contribution >= 0.6 is 20.7 Å². The number of benzene rings is 3. The first kappa shape index (κ1) is 13.1.